The van der Waals surface area contributed by atoms with Gasteiger partial charge in [-0.1, -0.05) is 6.07 Å². The molecule has 2 aliphatic heterocycles. The van der Waals surface area contributed by atoms with E-state index in [-0.39, 0.29) is 48.6 Å². The van der Waals surface area contributed by atoms with E-state index < -0.39 is 20.2 Å². The Morgan fingerprint density at radius 1 is 0.903 bits per heavy atom. The van der Waals surface area contributed by atoms with Crippen LogP contribution in [-0.2, 0) is 20.2 Å². The van der Waals surface area contributed by atoms with Gasteiger partial charge in [-0.3, -0.25) is 4.79 Å². The molecule has 0 aromatic heterocycles. The zero-order chi connectivity index (χ0) is 22.8. The number of nitrogens with one attached hydrogen (secondary N) is 1. The van der Waals surface area contributed by atoms with Crippen molar-refractivity contribution >= 4 is 26.1 Å². The minimum absolute atomic E-state index is 0.0309. The number of carbonyl (C=O) groups excluding carboxylic acids is 1. The van der Waals surface area contributed by atoms with Gasteiger partial charge >= 0.3 is 0 Å². The molecule has 0 saturated carbocycles. The van der Waals surface area contributed by atoms with E-state index in [0.29, 0.717) is 26.2 Å². The van der Waals surface area contributed by atoms with E-state index in [1.807, 2.05) is 7.05 Å². The van der Waals surface area contributed by atoms with Crippen molar-refractivity contribution < 1.29 is 21.6 Å². The summed E-state index contributed by atoms with van der Waals surface area (Å²) in [7, 11) is -5.29. The van der Waals surface area contributed by atoms with Crippen molar-refractivity contribution in [3.05, 3.63) is 29.8 Å². The van der Waals surface area contributed by atoms with Crippen LogP contribution < -0.4 is 4.72 Å². The van der Waals surface area contributed by atoms with Gasteiger partial charge in [-0.05, 0) is 39.1 Å². The highest BCUT2D eigenvalue weighted by Crippen LogP contribution is 2.18. The minimum Gasteiger partial charge on any atom is -0.336 e. The Hall–Kier alpha value is -1.57. The van der Waals surface area contributed by atoms with Crippen molar-refractivity contribution in [1.82, 2.24) is 23.1 Å². The number of sulfonamides is 1. The standard InChI is InChI=1S/C19H31N5O5S2/c1-16(2)20-30(26,27)18-6-4-5-17(15-18)19(25)22-9-13-24(14-10-22)31(28,29)23-11-7-21(3)8-12-23/h4-6,15-16,20H,7-14H2,1-3H3. The van der Waals surface area contributed by atoms with Crippen LogP contribution in [0.25, 0.3) is 0 Å². The number of benzene rings is 1. The Kier molecular flexibility index (Phi) is 7.39. The van der Waals surface area contributed by atoms with Crippen LogP contribution in [0, 0.1) is 0 Å². The molecule has 1 aromatic carbocycles. The van der Waals surface area contributed by atoms with E-state index in [4.69, 9.17) is 0 Å². The van der Waals surface area contributed by atoms with E-state index in [1.165, 1.54) is 26.8 Å². The lowest BCUT2D eigenvalue weighted by molar-refractivity contribution is 0.0692. The summed E-state index contributed by atoms with van der Waals surface area (Å²) < 4.78 is 56.0. The lowest BCUT2D eigenvalue weighted by Gasteiger charge is -2.39. The Bertz CT molecular complexity index is 996. The van der Waals surface area contributed by atoms with E-state index in [0.717, 1.165) is 0 Å². The minimum atomic E-state index is -3.71. The Morgan fingerprint density at radius 2 is 1.45 bits per heavy atom. The number of amides is 1. The zero-order valence-corrected chi connectivity index (χ0v) is 19.8. The van der Waals surface area contributed by atoms with Crippen LogP contribution in [0.1, 0.15) is 24.2 Å². The lowest BCUT2D eigenvalue weighted by atomic mass is 10.2. The summed E-state index contributed by atoms with van der Waals surface area (Å²) in [5.41, 5.74) is 0.266. The van der Waals surface area contributed by atoms with Crippen molar-refractivity contribution in [2.45, 2.75) is 24.8 Å². The molecule has 1 aromatic rings. The zero-order valence-electron chi connectivity index (χ0n) is 18.2. The molecule has 1 amide bonds. The summed E-state index contributed by atoms with van der Waals surface area (Å²) in [5, 5.41) is 0. The molecule has 2 aliphatic rings. The van der Waals surface area contributed by atoms with E-state index in [1.54, 1.807) is 24.8 Å². The normalized spacial score (nSPS) is 20.3. The molecule has 2 fully saturated rings. The van der Waals surface area contributed by atoms with Crippen molar-refractivity contribution in [2.75, 3.05) is 59.4 Å². The van der Waals surface area contributed by atoms with Crippen LogP contribution in [-0.4, -0.2) is 107 Å². The second-order valence-electron chi connectivity index (χ2n) is 8.21. The fraction of sp³-hybridized carbons (Fsp3) is 0.632. The molecule has 0 bridgehead atoms. The van der Waals surface area contributed by atoms with E-state index in [2.05, 4.69) is 9.62 Å². The maximum absolute atomic E-state index is 12.9. The number of carbonyl (C=O) groups is 1. The molecule has 0 atom stereocenters. The molecule has 2 saturated heterocycles. The van der Waals surface area contributed by atoms with Gasteiger partial charge < -0.3 is 9.80 Å². The second kappa shape index (κ2) is 9.51. The summed E-state index contributed by atoms with van der Waals surface area (Å²) >= 11 is 0. The summed E-state index contributed by atoms with van der Waals surface area (Å²) in [6.45, 7) is 6.71. The number of rotatable bonds is 6. The highest BCUT2D eigenvalue weighted by Gasteiger charge is 2.35. The largest absolute Gasteiger partial charge is 0.336 e. The molecular weight excluding hydrogens is 442 g/mol. The summed E-state index contributed by atoms with van der Waals surface area (Å²) in [6.07, 6.45) is 0. The molecule has 10 nitrogen and oxygen atoms in total. The Balaban J connectivity index is 1.65. The molecule has 174 valence electrons. The molecule has 0 aliphatic carbocycles. The molecule has 0 radical (unpaired) electrons. The number of hydrogen-bond donors (Lipinski definition) is 1. The average Bonchev–Trinajstić information content (AvgIpc) is 2.73. The van der Waals surface area contributed by atoms with Crippen molar-refractivity contribution in [2.24, 2.45) is 0 Å². The molecular formula is C19H31N5O5S2. The molecule has 1 N–H and O–H groups in total. The van der Waals surface area contributed by atoms with Crippen molar-refractivity contribution in [3.8, 4) is 0 Å². The van der Waals surface area contributed by atoms with Crippen LogP contribution in [0.4, 0.5) is 0 Å². The maximum atomic E-state index is 12.9. The van der Waals surface area contributed by atoms with Gasteiger partial charge in [0.25, 0.3) is 16.1 Å². The van der Waals surface area contributed by atoms with Crippen molar-refractivity contribution in [3.63, 3.8) is 0 Å². The first-order valence-electron chi connectivity index (χ1n) is 10.4. The fourth-order valence-electron chi connectivity index (χ4n) is 3.66. The topological polar surface area (TPSA) is 110 Å². The van der Waals surface area contributed by atoms with Crippen LogP contribution in [0.15, 0.2) is 29.2 Å². The first-order chi connectivity index (χ1) is 14.5. The predicted molar refractivity (Wildman–Crippen MR) is 117 cm³/mol. The highest BCUT2D eigenvalue weighted by molar-refractivity contribution is 7.89. The fourth-order valence-corrected chi connectivity index (χ4v) is 6.53. The monoisotopic (exact) mass is 473 g/mol. The third-order valence-electron chi connectivity index (χ3n) is 5.42. The number of nitrogens with zero attached hydrogens (tertiary/aromatic N) is 4. The summed E-state index contributed by atoms with van der Waals surface area (Å²) in [5.74, 6) is -0.307. The van der Waals surface area contributed by atoms with Gasteiger partial charge in [-0.15, -0.1) is 0 Å². The number of hydrogen-bond acceptors (Lipinski definition) is 6. The molecule has 12 heteroatoms. The quantitative estimate of drug-likeness (QED) is 0.603. The van der Waals surface area contributed by atoms with Crippen LogP contribution in [0.3, 0.4) is 0 Å². The highest BCUT2D eigenvalue weighted by atomic mass is 32.2. The average molecular weight is 474 g/mol. The third kappa shape index (κ3) is 5.62. The number of piperazine rings is 2. The molecule has 3 rings (SSSR count). The Morgan fingerprint density at radius 3 is 2.00 bits per heavy atom. The van der Waals surface area contributed by atoms with Gasteiger partial charge in [-0.25, -0.2) is 13.1 Å². The lowest BCUT2D eigenvalue weighted by Crippen LogP contribution is -2.57. The first kappa shape index (κ1) is 24.1. The van der Waals surface area contributed by atoms with Gasteiger partial charge in [0, 0.05) is 64.0 Å². The van der Waals surface area contributed by atoms with Gasteiger partial charge in [0.15, 0.2) is 0 Å². The molecule has 31 heavy (non-hydrogen) atoms. The summed E-state index contributed by atoms with van der Waals surface area (Å²) in [4.78, 5) is 16.6. The van der Waals surface area contributed by atoms with Gasteiger partial charge in [0.2, 0.25) is 10.0 Å². The molecule has 0 spiro atoms. The molecule has 2 heterocycles. The summed E-state index contributed by atoms with van der Waals surface area (Å²) in [6, 6.07) is 5.66. The van der Waals surface area contributed by atoms with Crippen molar-refractivity contribution in [1.29, 1.82) is 0 Å². The van der Waals surface area contributed by atoms with Crippen LogP contribution in [0.5, 0.6) is 0 Å². The number of likely N-dealkylation sites (N-methyl/N-ethyl adjacent to an activating group) is 1. The smallest absolute Gasteiger partial charge is 0.282 e. The van der Waals surface area contributed by atoms with E-state index >= 15 is 0 Å². The Labute approximate surface area is 185 Å². The molecule has 0 unspecified atom stereocenters. The van der Waals surface area contributed by atoms with E-state index in [9.17, 15) is 21.6 Å². The van der Waals surface area contributed by atoms with Gasteiger partial charge in [0.05, 0.1) is 4.90 Å². The van der Waals surface area contributed by atoms with Crippen LogP contribution in [0.2, 0.25) is 0 Å². The predicted octanol–water partition coefficient (Wildman–Crippen LogP) is -0.377. The maximum Gasteiger partial charge on any atom is 0.282 e. The first-order valence-corrected chi connectivity index (χ1v) is 13.2. The van der Waals surface area contributed by atoms with Crippen LogP contribution >= 0.6 is 0 Å². The third-order valence-corrected chi connectivity index (χ3v) is 9.11. The van der Waals surface area contributed by atoms with Gasteiger partial charge in [0.1, 0.15) is 0 Å². The SMILES string of the molecule is CC(C)NS(=O)(=O)c1cccc(C(=O)N2CCN(S(=O)(=O)N3CCN(C)CC3)CC2)c1. The van der Waals surface area contributed by atoms with Gasteiger partial charge in [-0.2, -0.15) is 17.0 Å². The second-order valence-corrected chi connectivity index (χ2v) is 11.8.